The van der Waals surface area contributed by atoms with Crippen molar-refractivity contribution in [2.45, 2.75) is 46.6 Å². The van der Waals surface area contributed by atoms with Crippen LogP contribution in [0.3, 0.4) is 0 Å². The summed E-state index contributed by atoms with van der Waals surface area (Å²) in [5.74, 6) is 0.201. The minimum Gasteiger partial charge on any atom is -0.444 e. The SMILES string of the molecule is CN(CCC(C)(C)C(=O)Oc1ccccc1)C(=O)OC(C)(C)C. The molecule has 0 radical (unpaired) electrons. The van der Waals surface area contributed by atoms with E-state index in [0.717, 1.165) is 0 Å². The summed E-state index contributed by atoms with van der Waals surface area (Å²) < 4.78 is 10.7. The number of benzene rings is 1. The van der Waals surface area contributed by atoms with Crippen LogP contribution in [0, 0.1) is 5.41 Å². The standard InChI is InChI=1S/C18H27NO4/c1-17(2,3)23-16(21)19(6)13-12-18(4,5)15(20)22-14-10-8-7-9-11-14/h7-11H,12-13H2,1-6H3. The molecule has 1 aromatic carbocycles. The molecule has 0 bridgehead atoms. The van der Waals surface area contributed by atoms with Gasteiger partial charge >= 0.3 is 12.1 Å². The zero-order valence-corrected chi connectivity index (χ0v) is 14.9. The topological polar surface area (TPSA) is 55.8 Å². The fraction of sp³-hybridized carbons (Fsp3) is 0.556. The number of carbonyl (C=O) groups excluding carboxylic acids is 2. The second-order valence-electron chi connectivity index (χ2n) is 7.24. The lowest BCUT2D eigenvalue weighted by Gasteiger charge is -2.28. The Kier molecular flexibility index (Phi) is 6.19. The molecule has 0 aliphatic heterocycles. The van der Waals surface area contributed by atoms with Gasteiger partial charge < -0.3 is 14.4 Å². The summed E-state index contributed by atoms with van der Waals surface area (Å²) in [4.78, 5) is 25.7. The molecule has 0 fully saturated rings. The van der Waals surface area contributed by atoms with Crippen LogP contribution >= 0.6 is 0 Å². The Morgan fingerprint density at radius 3 is 2.13 bits per heavy atom. The molecule has 5 nitrogen and oxygen atoms in total. The summed E-state index contributed by atoms with van der Waals surface area (Å²) in [6.45, 7) is 9.48. The Balaban J connectivity index is 2.54. The number of para-hydroxylation sites is 1. The molecule has 1 amide bonds. The maximum Gasteiger partial charge on any atom is 0.410 e. The molecule has 1 rings (SSSR count). The van der Waals surface area contributed by atoms with Crippen LogP contribution in [0.1, 0.15) is 41.0 Å². The van der Waals surface area contributed by atoms with E-state index >= 15 is 0 Å². The zero-order valence-electron chi connectivity index (χ0n) is 14.9. The monoisotopic (exact) mass is 321 g/mol. The van der Waals surface area contributed by atoms with E-state index in [4.69, 9.17) is 9.47 Å². The first-order valence-corrected chi connectivity index (χ1v) is 7.73. The molecule has 0 aliphatic carbocycles. The molecule has 0 aliphatic rings. The summed E-state index contributed by atoms with van der Waals surface area (Å²) >= 11 is 0. The van der Waals surface area contributed by atoms with Gasteiger partial charge in [0.1, 0.15) is 11.4 Å². The lowest BCUT2D eigenvalue weighted by molar-refractivity contribution is -0.144. The molecule has 0 spiro atoms. The minimum atomic E-state index is -0.702. The Morgan fingerprint density at radius 1 is 1.04 bits per heavy atom. The van der Waals surface area contributed by atoms with Gasteiger partial charge in [-0.1, -0.05) is 18.2 Å². The molecule has 0 saturated heterocycles. The molecule has 23 heavy (non-hydrogen) atoms. The quantitative estimate of drug-likeness (QED) is 0.610. The van der Waals surface area contributed by atoms with Gasteiger partial charge in [0.2, 0.25) is 0 Å². The predicted molar refractivity (Wildman–Crippen MR) is 89.3 cm³/mol. The van der Waals surface area contributed by atoms with Crippen LogP contribution in [0.25, 0.3) is 0 Å². The molecule has 0 unspecified atom stereocenters. The molecule has 1 aromatic rings. The summed E-state index contributed by atoms with van der Waals surface area (Å²) in [6.07, 6.45) is 0.0822. The van der Waals surface area contributed by atoms with E-state index < -0.39 is 17.1 Å². The number of rotatable bonds is 5. The third kappa shape index (κ3) is 6.72. The molecule has 0 aromatic heterocycles. The van der Waals surface area contributed by atoms with Crippen molar-refractivity contribution in [2.24, 2.45) is 5.41 Å². The van der Waals surface area contributed by atoms with Crippen molar-refractivity contribution < 1.29 is 19.1 Å². The highest BCUT2D eigenvalue weighted by atomic mass is 16.6. The first-order chi connectivity index (χ1) is 10.5. The lowest BCUT2D eigenvalue weighted by atomic mass is 9.89. The van der Waals surface area contributed by atoms with Gasteiger partial charge in [0, 0.05) is 13.6 Å². The largest absolute Gasteiger partial charge is 0.444 e. The third-order valence-corrected chi connectivity index (χ3v) is 3.28. The molecule has 128 valence electrons. The number of hydrogen-bond acceptors (Lipinski definition) is 4. The highest BCUT2D eigenvalue weighted by Crippen LogP contribution is 2.24. The maximum absolute atomic E-state index is 12.3. The highest BCUT2D eigenvalue weighted by Gasteiger charge is 2.31. The van der Waals surface area contributed by atoms with Gasteiger partial charge in [-0.25, -0.2) is 4.79 Å². The van der Waals surface area contributed by atoms with E-state index in [-0.39, 0.29) is 5.97 Å². The Hall–Kier alpha value is -2.04. The van der Waals surface area contributed by atoms with Crippen molar-refractivity contribution >= 4 is 12.1 Å². The zero-order chi connectivity index (χ0) is 17.7. The molecular formula is C18H27NO4. The predicted octanol–water partition coefficient (Wildman–Crippen LogP) is 3.88. The Labute approximate surface area is 138 Å². The van der Waals surface area contributed by atoms with E-state index in [1.54, 1.807) is 33.0 Å². The van der Waals surface area contributed by atoms with E-state index in [1.807, 2.05) is 39.0 Å². The number of carbonyl (C=O) groups is 2. The van der Waals surface area contributed by atoms with Gasteiger partial charge in [-0.05, 0) is 53.2 Å². The van der Waals surface area contributed by atoms with E-state index in [0.29, 0.717) is 18.7 Å². The molecule has 0 saturated carbocycles. The summed E-state index contributed by atoms with van der Waals surface area (Å²) in [5, 5.41) is 0. The molecule has 0 N–H and O–H groups in total. The number of esters is 1. The van der Waals surface area contributed by atoms with Crippen molar-refractivity contribution in [1.82, 2.24) is 4.90 Å². The second kappa shape index (κ2) is 7.49. The van der Waals surface area contributed by atoms with Crippen LogP contribution in [-0.2, 0) is 9.53 Å². The second-order valence-corrected chi connectivity index (χ2v) is 7.24. The molecule has 5 heteroatoms. The van der Waals surface area contributed by atoms with Gasteiger partial charge in [-0.3, -0.25) is 4.79 Å². The van der Waals surface area contributed by atoms with Crippen LogP contribution < -0.4 is 4.74 Å². The van der Waals surface area contributed by atoms with Crippen molar-refractivity contribution in [2.75, 3.05) is 13.6 Å². The number of nitrogens with zero attached hydrogens (tertiary/aromatic N) is 1. The van der Waals surface area contributed by atoms with Gasteiger partial charge in [-0.2, -0.15) is 0 Å². The van der Waals surface area contributed by atoms with Gasteiger partial charge in [-0.15, -0.1) is 0 Å². The van der Waals surface area contributed by atoms with Crippen molar-refractivity contribution in [3.8, 4) is 5.75 Å². The van der Waals surface area contributed by atoms with Gasteiger partial charge in [0.25, 0.3) is 0 Å². The third-order valence-electron chi connectivity index (χ3n) is 3.28. The molecule has 0 heterocycles. The van der Waals surface area contributed by atoms with Crippen molar-refractivity contribution in [3.63, 3.8) is 0 Å². The molecule has 0 atom stereocenters. The first-order valence-electron chi connectivity index (χ1n) is 7.73. The smallest absolute Gasteiger partial charge is 0.410 e. The summed E-state index contributed by atoms with van der Waals surface area (Å²) in [7, 11) is 1.66. The van der Waals surface area contributed by atoms with Crippen molar-refractivity contribution in [3.05, 3.63) is 30.3 Å². The Morgan fingerprint density at radius 2 is 1.61 bits per heavy atom. The highest BCUT2D eigenvalue weighted by molar-refractivity contribution is 5.78. The maximum atomic E-state index is 12.3. The van der Waals surface area contributed by atoms with E-state index in [2.05, 4.69) is 0 Å². The normalized spacial score (nSPS) is 11.7. The fourth-order valence-electron chi connectivity index (χ4n) is 1.71. The van der Waals surface area contributed by atoms with Crippen LogP contribution in [0.2, 0.25) is 0 Å². The lowest BCUT2D eigenvalue weighted by Crippen LogP contribution is -2.38. The van der Waals surface area contributed by atoms with Crippen LogP contribution in [-0.4, -0.2) is 36.2 Å². The van der Waals surface area contributed by atoms with E-state index in [1.165, 1.54) is 4.90 Å². The molecular weight excluding hydrogens is 294 g/mol. The first kappa shape index (κ1) is 19.0. The minimum absolute atomic E-state index is 0.318. The number of hydrogen-bond donors (Lipinski definition) is 0. The van der Waals surface area contributed by atoms with Crippen molar-refractivity contribution in [1.29, 1.82) is 0 Å². The fourth-order valence-corrected chi connectivity index (χ4v) is 1.71. The van der Waals surface area contributed by atoms with E-state index in [9.17, 15) is 9.59 Å². The Bertz CT molecular complexity index is 532. The average molecular weight is 321 g/mol. The van der Waals surface area contributed by atoms with Crippen LogP contribution in [0.5, 0.6) is 5.75 Å². The number of ether oxygens (including phenoxy) is 2. The van der Waals surface area contributed by atoms with Crippen LogP contribution in [0.15, 0.2) is 30.3 Å². The number of amides is 1. The van der Waals surface area contributed by atoms with Gasteiger partial charge in [0.05, 0.1) is 5.41 Å². The average Bonchev–Trinajstić information content (AvgIpc) is 2.44. The van der Waals surface area contributed by atoms with Gasteiger partial charge in [0.15, 0.2) is 0 Å². The van der Waals surface area contributed by atoms with Crippen LogP contribution in [0.4, 0.5) is 4.79 Å². The summed E-state index contributed by atoms with van der Waals surface area (Å²) in [6, 6.07) is 8.96. The summed E-state index contributed by atoms with van der Waals surface area (Å²) in [5.41, 5.74) is -1.24.